The van der Waals surface area contributed by atoms with Crippen LogP contribution in [-0.4, -0.2) is 38.1 Å². The first-order valence-corrected chi connectivity index (χ1v) is 13.4. The van der Waals surface area contributed by atoms with Crippen molar-refractivity contribution in [3.05, 3.63) is 64.3 Å². The van der Waals surface area contributed by atoms with Crippen LogP contribution >= 0.6 is 22.9 Å². The van der Waals surface area contributed by atoms with E-state index in [1.54, 1.807) is 31.6 Å². The number of aliphatic imine (C=N–C) groups is 1. The quantitative estimate of drug-likeness (QED) is 0.368. The molecular formula is C24H22ClFN4O2S2. The molecule has 4 heterocycles. The molecule has 10 heteroatoms. The molecule has 0 radical (unpaired) electrons. The highest BCUT2D eigenvalue weighted by Crippen LogP contribution is 2.47. The smallest absolute Gasteiger partial charge is 0.203 e. The van der Waals surface area contributed by atoms with Gasteiger partial charge in [-0.25, -0.2) is 13.6 Å². The van der Waals surface area contributed by atoms with Gasteiger partial charge in [0.1, 0.15) is 17.1 Å². The van der Waals surface area contributed by atoms with Gasteiger partial charge >= 0.3 is 0 Å². The molecule has 2 N–H and O–H groups in total. The second kappa shape index (κ2) is 7.83. The summed E-state index contributed by atoms with van der Waals surface area (Å²) in [5, 5.41) is 1.19. The van der Waals surface area contributed by atoms with E-state index in [9.17, 15) is 4.21 Å². The molecule has 0 bridgehead atoms. The van der Waals surface area contributed by atoms with Gasteiger partial charge in [0.25, 0.3) is 0 Å². The van der Waals surface area contributed by atoms with Crippen molar-refractivity contribution in [3.63, 3.8) is 0 Å². The van der Waals surface area contributed by atoms with Crippen molar-refractivity contribution in [1.29, 1.82) is 0 Å². The van der Waals surface area contributed by atoms with E-state index in [1.807, 2.05) is 26.0 Å². The number of hydrogen-bond acceptors (Lipinski definition) is 6. The van der Waals surface area contributed by atoms with E-state index >= 15 is 4.39 Å². The molecule has 4 aromatic rings. The van der Waals surface area contributed by atoms with Crippen molar-refractivity contribution >= 4 is 54.6 Å². The summed E-state index contributed by atoms with van der Waals surface area (Å²) in [4.78, 5) is 9.78. The maximum Gasteiger partial charge on any atom is 0.203 e. The van der Waals surface area contributed by atoms with E-state index in [-0.39, 0.29) is 11.7 Å². The second-order valence-corrected chi connectivity index (χ2v) is 12.3. The number of fused-ring (bicyclic) bond motifs is 1. The Bertz CT molecular complexity index is 1590. The van der Waals surface area contributed by atoms with Crippen LogP contribution in [-0.2, 0) is 15.2 Å². The minimum atomic E-state index is -2.68. The molecule has 1 aliphatic heterocycles. The molecule has 176 valence electrons. The van der Waals surface area contributed by atoms with Crippen molar-refractivity contribution in [2.75, 3.05) is 12.8 Å². The molecule has 1 unspecified atom stereocenters. The molecule has 3 aromatic heterocycles. The monoisotopic (exact) mass is 516 g/mol. The van der Waals surface area contributed by atoms with Crippen LogP contribution in [0.4, 0.5) is 4.39 Å². The number of guanidine groups is 1. The predicted molar refractivity (Wildman–Crippen MR) is 139 cm³/mol. The zero-order valence-corrected chi connectivity index (χ0v) is 21.2. The molecule has 34 heavy (non-hydrogen) atoms. The van der Waals surface area contributed by atoms with Crippen LogP contribution in [0, 0.1) is 12.7 Å². The third kappa shape index (κ3) is 3.50. The Morgan fingerprint density at radius 3 is 2.74 bits per heavy atom. The van der Waals surface area contributed by atoms with Crippen molar-refractivity contribution in [2.24, 2.45) is 10.7 Å². The predicted octanol–water partition coefficient (Wildman–Crippen LogP) is 5.43. The van der Waals surface area contributed by atoms with Gasteiger partial charge in [0.15, 0.2) is 0 Å². The molecular weight excluding hydrogens is 495 g/mol. The Kier molecular flexibility index (Phi) is 5.27. The summed E-state index contributed by atoms with van der Waals surface area (Å²) in [6, 6.07) is 8.62. The molecule has 0 fully saturated rings. The highest BCUT2D eigenvalue weighted by molar-refractivity contribution is 7.98. The van der Waals surface area contributed by atoms with Gasteiger partial charge in [0.05, 0.1) is 42.0 Å². The van der Waals surface area contributed by atoms with Gasteiger partial charge in [-0.3, -0.25) is 9.29 Å². The number of benzene rings is 1. The fraction of sp³-hybridized carbons (Fsp3) is 0.208. The summed E-state index contributed by atoms with van der Waals surface area (Å²) in [5.41, 5.74) is 7.52. The van der Waals surface area contributed by atoms with E-state index in [0.717, 1.165) is 27.0 Å². The van der Waals surface area contributed by atoms with Crippen LogP contribution in [0.25, 0.3) is 32.5 Å². The number of aryl methyl sites for hydroxylation is 1. The minimum Gasteiger partial charge on any atom is -0.469 e. The molecule has 6 nitrogen and oxygen atoms in total. The molecule has 0 spiro atoms. The number of halogens is 2. The number of furan rings is 1. The molecule has 0 saturated carbocycles. The number of thiophene rings is 1. The summed E-state index contributed by atoms with van der Waals surface area (Å²) in [6.45, 7) is 3.67. The van der Waals surface area contributed by atoms with Gasteiger partial charge in [0.2, 0.25) is 5.96 Å². The van der Waals surface area contributed by atoms with Crippen molar-refractivity contribution in [1.82, 2.24) is 9.29 Å². The molecule has 5 rings (SSSR count). The van der Waals surface area contributed by atoms with Gasteiger partial charge in [-0.1, -0.05) is 17.7 Å². The fourth-order valence-electron chi connectivity index (χ4n) is 4.27. The van der Waals surface area contributed by atoms with Gasteiger partial charge in [-0.05, 0) is 49.5 Å². The van der Waals surface area contributed by atoms with Crippen LogP contribution in [0.2, 0.25) is 5.02 Å². The van der Waals surface area contributed by atoms with Crippen LogP contribution in [0.15, 0.2) is 52.2 Å². The SMILES string of the molecule is C=S1(=O)C[C@@](C)(c2sc3c(-c4ccc(-c5ccoc5C)cc4F)nccc3c2Cl)N=C(N)N1C. The lowest BCUT2D eigenvalue weighted by atomic mass is 10.0. The van der Waals surface area contributed by atoms with Gasteiger partial charge in [0, 0.05) is 29.8 Å². The topological polar surface area (TPSA) is 84.7 Å². The lowest BCUT2D eigenvalue weighted by Gasteiger charge is -2.36. The zero-order valence-electron chi connectivity index (χ0n) is 18.8. The number of rotatable bonds is 3. The number of aromatic nitrogens is 1. The Morgan fingerprint density at radius 2 is 2.09 bits per heavy atom. The Hall–Kier alpha value is -2.88. The van der Waals surface area contributed by atoms with Gasteiger partial charge < -0.3 is 10.2 Å². The first-order valence-electron chi connectivity index (χ1n) is 10.4. The average Bonchev–Trinajstić information content (AvgIpc) is 3.35. The molecule has 0 amide bonds. The van der Waals surface area contributed by atoms with Crippen molar-refractivity contribution in [2.45, 2.75) is 19.4 Å². The second-order valence-electron chi connectivity index (χ2n) is 8.52. The third-order valence-corrected chi connectivity index (χ3v) is 10.3. The van der Waals surface area contributed by atoms with Crippen molar-refractivity contribution < 1.29 is 13.0 Å². The molecule has 0 aliphatic carbocycles. The van der Waals surface area contributed by atoms with Crippen LogP contribution in [0.1, 0.15) is 17.6 Å². The number of nitrogens with zero attached hydrogens (tertiary/aromatic N) is 3. The normalized spacial score (nSPS) is 22.9. The fourth-order valence-corrected chi connectivity index (χ4v) is 7.84. The minimum absolute atomic E-state index is 0.136. The molecule has 1 aromatic carbocycles. The Labute approximate surface area is 206 Å². The van der Waals surface area contributed by atoms with Crippen LogP contribution in [0.3, 0.4) is 0 Å². The summed E-state index contributed by atoms with van der Waals surface area (Å²) < 4.78 is 35.9. The van der Waals surface area contributed by atoms with Crippen LogP contribution < -0.4 is 5.73 Å². The van der Waals surface area contributed by atoms with E-state index in [4.69, 9.17) is 21.8 Å². The number of pyridine rings is 1. The Balaban J connectivity index is 1.66. The van der Waals surface area contributed by atoms with E-state index in [2.05, 4.69) is 15.8 Å². The maximum absolute atomic E-state index is 15.3. The Morgan fingerprint density at radius 1 is 1.32 bits per heavy atom. The average molecular weight is 517 g/mol. The standard InChI is InChI=1S/C24H22ClFN4O2S2/c1-13-15(8-10-32-13)14-5-6-16(18(26)11-14)20-21-17(7-9-28-20)19(25)22(33-21)24(2)12-34(4,31)30(3)23(27)29-24/h5-11H,4,12H2,1-3H3,(H2,27,29)/t24-,34?/m0/s1. The van der Waals surface area contributed by atoms with Gasteiger partial charge in [-0.2, -0.15) is 0 Å². The third-order valence-electron chi connectivity index (χ3n) is 6.12. The lowest BCUT2D eigenvalue weighted by molar-refractivity contribution is 0.522. The largest absolute Gasteiger partial charge is 0.469 e. The highest BCUT2D eigenvalue weighted by Gasteiger charge is 2.40. The summed E-state index contributed by atoms with van der Waals surface area (Å²) in [6.07, 6.45) is 3.18. The van der Waals surface area contributed by atoms with Gasteiger partial charge in [-0.15, -0.1) is 11.3 Å². The van der Waals surface area contributed by atoms with E-state index in [1.165, 1.54) is 21.7 Å². The highest BCUT2D eigenvalue weighted by atomic mass is 35.5. The molecule has 0 saturated heterocycles. The van der Waals surface area contributed by atoms with Crippen LogP contribution in [0.5, 0.6) is 0 Å². The summed E-state index contributed by atoms with van der Waals surface area (Å²) in [7, 11) is -1.07. The van der Waals surface area contributed by atoms with E-state index in [0.29, 0.717) is 21.2 Å². The number of hydrogen-bond donors (Lipinski definition) is 1. The molecule has 2 atom stereocenters. The first-order chi connectivity index (χ1) is 16.0. The maximum atomic E-state index is 15.3. The molecule has 1 aliphatic rings. The number of nitrogens with two attached hydrogens (primary N) is 1. The summed E-state index contributed by atoms with van der Waals surface area (Å²) in [5.74, 6) is 4.46. The zero-order chi connectivity index (χ0) is 24.4. The summed E-state index contributed by atoms with van der Waals surface area (Å²) >= 11 is 8.17. The first kappa shape index (κ1) is 22.9. The van der Waals surface area contributed by atoms with E-state index < -0.39 is 21.1 Å². The lowest BCUT2D eigenvalue weighted by Crippen LogP contribution is -2.50. The van der Waals surface area contributed by atoms with Crippen molar-refractivity contribution in [3.8, 4) is 22.4 Å².